The first-order chi connectivity index (χ1) is 11.9. The summed E-state index contributed by atoms with van der Waals surface area (Å²) in [6.07, 6.45) is 3.57. The number of rotatable bonds is 6. The number of Topliss-reactive ketones (excluding diaryl/α,β-unsaturated/α-hetero) is 1. The summed E-state index contributed by atoms with van der Waals surface area (Å²) in [6, 6.07) is 5.39. The van der Waals surface area contributed by atoms with E-state index in [1.807, 2.05) is 24.6 Å². The Morgan fingerprint density at radius 2 is 2.08 bits per heavy atom. The molecule has 0 radical (unpaired) electrons. The lowest BCUT2D eigenvalue weighted by Gasteiger charge is -2.07. The smallest absolute Gasteiger partial charge is 0.224 e. The van der Waals surface area contributed by atoms with Crippen molar-refractivity contribution in [1.82, 2.24) is 14.8 Å². The second-order valence-corrected chi connectivity index (χ2v) is 7.61. The third-order valence-electron chi connectivity index (χ3n) is 3.63. The quantitative estimate of drug-likeness (QED) is 0.649. The Morgan fingerprint density at radius 3 is 2.76 bits per heavy atom. The highest BCUT2D eigenvalue weighted by atomic mass is 35.5. The number of hydrogen-bond donors (Lipinski definition) is 1. The minimum absolute atomic E-state index is 0.0844. The van der Waals surface area contributed by atoms with Crippen LogP contribution in [0.4, 0.5) is 5.69 Å². The summed E-state index contributed by atoms with van der Waals surface area (Å²) in [4.78, 5) is 29.0. The van der Waals surface area contributed by atoms with Crippen LogP contribution in [0, 0.1) is 0 Å². The number of carbonyl (C=O) groups is 2. The lowest BCUT2D eigenvalue weighted by atomic mass is 10.2. The summed E-state index contributed by atoms with van der Waals surface area (Å²) in [5.41, 5.74) is 1.37. The van der Waals surface area contributed by atoms with Gasteiger partial charge in [-0.3, -0.25) is 9.59 Å². The highest BCUT2D eigenvalue weighted by molar-refractivity contribution is 7.18. The standard InChI is InChI=1S/C17H17ClN4O2S/c1-10(2)22-17-11(8-20-22)7-12(9-19-17)21-16(24)6-3-13(23)14-4-5-15(18)25-14/h4-5,7-10H,3,6H2,1-2H3,(H,21,24). The molecule has 130 valence electrons. The molecule has 0 aromatic carbocycles. The number of fused-ring (bicyclic) bond motifs is 1. The lowest BCUT2D eigenvalue weighted by molar-refractivity contribution is -0.116. The molecule has 1 amide bonds. The maximum Gasteiger partial charge on any atom is 0.224 e. The van der Waals surface area contributed by atoms with Gasteiger partial charge in [0.1, 0.15) is 0 Å². The molecule has 0 aliphatic carbocycles. The van der Waals surface area contributed by atoms with Gasteiger partial charge in [0.15, 0.2) is 11.4 Å². The van der Waals surface area contributed by atoms with Crippen LogP contribution < -0.4 is 5.32 Å². The molecule has 3 aromatic heterocycles. The Kier molecular flexibility index (Phi) is 5.15. The van der Waals surface area contributed by atoms with Crippen molar-refractivity contribution in [2.75, 3.05) is 5.32 Å². The minimum atomic E-state index is -0.228. The summed E-state index contributed by atoms with van der Waals surface area (Å²) in [7, 11) is 0. The molecule has 3 aromatic rings. The summed E-state index contributed by atoms with van der Waals surface area (Å²) in [5, 5.41) is 7.93. The number of ketones is 1. The van der Waals surface area contributed by atoms with E-state index in [1.54, 1.807) is 24.5 Å². The molecule has 0 fully saturated rings. The predicted octanol–water partition coefficient (Wildman–Crippen LogP) is 4.33. The number of pyridine rings is 1. The molecule has 0 atom stereocenters. The molecule has 3 rings (SSSR count). The Balaban J connectivity index is 1.61. The van der Waals surface area contributed by atoms with E-state index in [0.29, 0.717) is 14.9 Å². The molecule has 25 heavy (non-hydrogen) atoms. The number of anilines is 1. The molecule has 6 nitrogen and oxygen atoms in total. The third kappa shape index (κ3) is 4.05. The fourth-order valence-corrected chi connectivity index (χ4v) is 3.43. The van der Waals surface area contributed by atoms with E-state index in [1.165, 1.54) is 11.3 Å². The summed E-state index contributed by atoms with van der Waals surface area (Å²) < 4.78 is 2.39. The van der Waals surface area contributed by atoms with Gasteiger partial charge in [0.05, 0.1) is 27.3 Å². The lowest BCUT2D eigenvalue weighted by Crippen LogP contribution is -2.13. The average molecular weight is 377 g/mol. The van der Waals surface area contributed by atoms with Gasteiger partial charge in [-0.25, -0.2) is 9.67 Å². The molecule has 0 aliphatic rings. The fraction of sp³-hybridized carbons (Fsp3) is 0.294. The van der Waals surface area contributed by atoms with Gasteiger partial charge >= 0.3 is 0 Å². The van der Waals surface area contributed by atoms with Crippen molar-refractivity contribution in [3.8, 4) is 0 Å². The van der Waals surface area contributed by atoms with E-state index in [4.69, 9.17) is 11.6 Å². The van der Waals surface area contributed by atoms with Gasteiger partial charge in [0.25, 0.3) is 0 Å². The first kappa shape index (κ1) is 17.6. The van der Waals surface area contributed by atoms with Crippen molar-refractivity contribution in [2.45, 2.75) is 32.7 Å². The topological polar surface area (TPSA) is 76.9 Å². The molecular formula is C17H17ClN4O2S. The number of hydrogen-bond acceptors (Lipinski definition) is 5. The number of halogens is 1. The maximum absolute atomic E-state index is 12.1. The van der Waals surface area contributed by atoms with Gasteiger partial charge in [0.2, 0.25) is 5.91 Å². The van der Waals surface area contributed by atoms with Crippen molar-refractivity contribution in [3.05, 3.63) is 39.8 Å². The Labute approximate surface area is 153 Å². The van der Waals surface area contributed by atoms with E-state index in [2.05, 4.69) is 15.4 Å². The first-order valence-electron chi connectivity index (χ1n) is 7.85. The first-order valence-corrected chi connectivity index (χ1v) is 9.05. The third-order valence-corrected chi connectivity index (χ3v) is 4.91. The number of amides is 1. The normalized spacial score (nSPS) is 11.2. The second-order valence-electron chi connectivity index (χ2n) is 5.89. The molecule has 0 spiro atoms. The number of nitrogens with zero attached hydrogens (tertiary/aromatic N) is 3. The van der Waals surface area contributed by atoms with Crippen LogP contribution in [0.1, 0.15) is 42.4 Å². The van der Waals surface area contributed by atoms with Crippen molar-refractivity contribution in [1.29, 1.82) is 0 Å². The largest absolute Gasteiger partial charge is 0.325 e. The Bertz CT molecular complexity index is 932. The van der Waals surface area contributed by atoms with E-state index in [9.17, 15) is 9.59 Å². The van der Waals surface area contributed by atoms with Crippen LogP contribution in [0.3, 0.4) is 0 Å². The zero-order valence-electron chi connectivity index (χ0n) is 13.8. The highest BCUT2D eigenvalue weighted by Gasteiger charge is 2.13. The highest BCUT2D eigenvalue weighted by Crippen LogP contribution is 2.23. The predicted molar refractivity (Wildman–Crippen MR) is 99.4 cm³/mol. The number of nitrogens with one attached hydrogen (secondary N) is 1. The molecule has 8 heteroatoms. The zero-order chi connectivity index (χ0) is 18.0. The van der Waals surface area contributed by atoms with Gasteiger partial charge in [-0.1, -0.05) is 11.6 Å². The molecule has 0 aliphatic heterocycles. The van der Waals surface area contributed by atoms with Gasteiger partial charge in [-0.15, -0.1) is 11.3 Å². The summed E-state index contributed by atoms with van der Waals surface area (Å²) in [5.74, 6) is -0.313. The van der Waals surface area contributed by atoms with Gasteiger partial charge in [-0.05, 0) is 32.0 Å². The van der Waals surface area contributed by atoms with Crippen LogP contribution >= 0.6 is 22.9 Å². The molecule has 0 saturated heterocycles. The van der Waals surface area contributed by atoms with Gasteiger partial charge in [0, 0.05) is 24.3 Å². The number of carbonyl (C=O) groups excluding carboxylic acids is 2. The van der Waals surface area contributed by atoms with Crippen LogP contribution in [0.2, 0.25) is 4.34 Å². The van der Waals surface area contributed by atoms with Crippen molar-refractivity contribution in [3.63, 3.8) is 0 Å². The molecule has 3 heterocycles. The average Bonchev–Trinajstić information content (AvgIpc) is 3.18. The molecule has 0 unspecified atom stereocenters. The zero-order valence-corrected chi connectivity index (χ0v) is 15.4. The van der Waals surface area contributed by atoms with E-state index >= 15 is 0 Å². The maximum atomic E-state index is 12.1. The number of aromatic nitrogens is 3. The molecule has 0 bridgehead atoms. The number of thiophene rings is 1. The SMILES string of the molecule is CC(C)n1ncc2cc(NC(=O)CCC(=O)c3ccc(Cl)s3)cnc21. The van der Waals surface area contributed by atoms with E-state index in [-0.39, 0.29) is 30.6 Å². The Morgan fingerprint density at radius 1 is 1.28 bits per heavy atom. The van der Waals surface area contributed by atoms with E-state index < -0.39 is 0 Å². The van der Waals surface area contributed by atoms with Crippen LogP contribution in [-0.4, -0.2) is 26.5 Å². The van der Waals surface area contributed by atoms with Crippen molar-refractivity contribution in [2.24, 2.45) is 0 Å². The van der Waals surface area contributed by atoms with E-state index in [0.717, 1.165) is 11.0 Å². The van der Waals surface area contributed by atoms with Crippen LogP contribution in [0.15, 0.2) is 30.6 Å². The van der Waals surface area contributed by atoms with Crippen LogP contribution in [0.25, 0.3) is 11.0 Å². The monoisotopic (exact) mass is 376 g/mol. The Hall–Kier alpha value is -2.25. The minimum Gasteiger partial charge on any atom is -0.325 e. The van der Waals surface area contributed by atoms with Gasteiger partial charge in [-0.2, -0.15) is 5.10 Å². The van der Waals surface area contributed by atoms with Crippen LogP contribution in [-0.2, 0) is 4.79 Å². The molecule has 1 N–H and O–H groups in total. The summed E-state index contributed by atoms with van der Waals surface area (Å²) in [6.45, 7) is 4.06. The van der Waals surface area contributed by atoms with Crippen molar-refractivity contribution >= 4 is 51.3 Å². The van der Waals surface area contributed by atoms with Crippen LogP contribution in [0.5, 0.6) is 0 Å². The fourth-order valence-electron chi connectivity index (χ4n) is 2.42. The van der Waals surface area contributed by atoms with Crippen molar-refractivity contribution < 1.29 is 9.59 Å². The molecular weight excluding hydrogens is 360 g/mol. The van der Waals surface area contributed by atoms with Gasteiger partial charge < -0.3 is 5.32 Å². The summed E-state index contributed by atoms with van der Waals surface area (Å²) >= 11 is 7.04. The molecule has 0 saturated carbocycles. The second kappa shape index (κ2) is 7.33.